The van der Waals surface area contributed by atoms with Gasteiger partial charge in [0, 0.05) is 47.0 Å². The molecular formula is C20H40N4S2Si2. The second-order valence-corrected chi connectivity index (χ2v) is 29.9. The summed E-state index contributed by atoms with van der Waals surface area (Å²) >= 11 is 0. The molecule has 0 aromatic heterocycles. The molecule has 0 unspecified atom stereocenters. The summed E-state index contributed by atoms with van der Waals surface area (Å²) in [5.41, 5.74) is 0.515. The maximum absolute atomic E-state index is 2.72. The molecule has 0 aromatic rings. The Balaban J connectivity index is 2.06. The minimum atomic E-state index is -1.96. The van der Waals surface area contributed by atoms with Gasteiger partial charge in [-0.15, -0.1) is 0 Å². The molecule has 1 saturated heterocycles. The average Bonchev–Trinajstić information content (AvgIpc) is 2.96. The molecular weight excluding hydrogens is 417 g/mol. The molecule has 3 aliphatic heterocycles. The van der Waals surface area contributed by atoms with Crippen LogP contribution >= 0.6 is 21.3 Å². The van der Waals surface area contributed by atoms with E-state index in [-0.39, 0.29) is 22.2 Å². The SMILES string of the molecule is CC(C)(C)N1C=CN(C(C)(C)C)[Si]12S[Si]1(S2)N(C(C)(C)C)C=CN1C(C)(C)C. The van der Waals surface area contributed by atoms with E-state index in [4.69, 9.17) is 0 Å². The van der Waals surface area contributed by atoms with Gasteiger partial charge in [0.1, 0.15) is 0 Å². The Morgan fingerprint density at radius 3 is 0.750 bits per heavy atom. The van der Waals surface area contributed by atoms with E-state index in [1.54, 1.807) is 0 Å². The van der Waals surface area contributed by atoms with E-state index in [2.05, 4.69) is 147 Å². The van der Waals surface area contributed by atoms with Gasteiger partial charge < -0.3 is 18.3 Å². The smallest absolute Gasteiger partial charge is 0.365 e. The maximum Gasteiger partial charge on any atom is 0.393 e. The van der Waals surface area contributed by atoms with Crippen LogP contribution in [0.4, 0.5) is 0 Å². The van der Waals surface area contributed by atoms with Crippen molar-refractivity contribution >= 4 is 34.7 Å². The lowest BCUT2D eigenvalue weighted by Gasteiger charge is -2.66. The number of nitrogens with zero attached hydrogens (tertiary/aromatic N) is 4. The molecule has 0 atom stereocenters. The number of rotatable bonds is 0. The van der Waals surface area contributed by atoms with Crippen molar-refractivity contribution < 1.29 is 0 Å². The molecule has 8 heteroatoms. The topological polar surface area (TPSA) is 13.0 Å². The summed E-state index contributed by atoms with van der Waals surface area (Å²) in [6.07, 6.45) is 9.52. The highest BCUT2D eigenvalue weighted by Crippen LogP contribution is 2.69. The predicted molar refractivity (Wildman–Crippen MR) is 131 cm³/mol. The molecule has 3 heterocycles. The first-order valence-electron chi connectivity index (χ1n) is 10.3. The fraction of sp³-hybridized carbons (Fsp3) is 0.800. The van der Waals surface area contributed by atoms with Crippen molar-refractivity contribution in [1.29, 1.82) is 0 Å². The molecule has 0 amide bonds. The van der Waals surface area contributed by atoms with Crippen molar-refractivity contribution in [2.75, 3.05) is 0 Å². The fourth-order valence-electron chi connectivity index (χ4n) is 4.21. The van der Waals surface area contributed by atoms with Crippen LogP contribution in [-0.4, -0.2) is 53.8 Å². The highest BCUT2D eigenvalue weighted by Gasteiger charge is 2.78. The van der Waals surface area contributed by atoms with Gasteiger partial charge in [0.25, 0.3) is 0 Å². The van der Waals surface area contributed by atoms with Crippen molar-refractivity contribution in [3.63, 3.8) is 0 Å². The van der Waals surface area contributed by atoms with Gasteiger partial charge in [0.05, 0.1) is 0 Å². The second-order valence-electron chi connectivity index (χ2n) is 12.1. The van der Waals surface area contributed by atoms with Gasteiger partial charge in [-0.05, 0) is 83.1 Å². The normalized spacial score (nSPS) is 24.1. The summed E-state index contributed by atoms with van der Waals surface area (Å²) in [5, 5.41) is 0. The van der Waals surface area contributed by atoms with Gasteiger partial charge in [-0.2, -0.15) is 0 Å². The molecule has 0 radical (unpaired) electrons. The Bertz CT molecular complexity index is 579. The molecule has 4 nitrogen and oxygen atoms in total. The summed E-state index contributed by atoms with van der Waals surface area (Å²) in [7, 11) is 4.71. The van der Waals surface area contributed by atoms with Gasteiger partial charge in [-0.25, -0.2) is 0 Å². The Labute approximate surface area is 182 Å². The van der Waals surface area contributed by atoms with Crippen LogP contribution in [0.15, 0.2) is 24.8 Å². The maximum atomic E-state index is 2.72. The molecule has 0 N–H and O–H groups in total. The first-order valence-corrected chi connectivity index (χ1v) is 18.6. The molecule has 3 aliphatic rings. The highest BCUT2D eigenvalue weighted by molar-refractivity contribution is 8.97. The molecule has 28 heavy (non-hydrogen) atoms. The summed E-state index contributed by atoms with van der Waals surface area (Å²) in [6, 6.07) is 0. The highest BCUT2D eigenvalue weighted by atomic mass is 32.9. The van der Waals surface area contributed by atoms with Crippen molar-refractivity contribution in [2.24, 2.45) is 0 Å². The third-order valence-electron chi connectivity index (χ3n) is 5.37. The number of hydrogen-bond donors (Lipinski definition) is 0. The Kier molecular flexibility index (Phi) is 4.96. The third kappa shape index (κ3) is 3.26. The molecule has 3 rings (SSSR count). The van der Waals surface area contributed by atoms with Gasteiger partial charge in [0.2, 0.25) is 0 Å². The zero-order chi connectivity index (χ0) is 21.6. The molecule has 0 saturated carbocycles. The van der Waals surface area contributed by atoms with E-state index in [1.165, 1.54) is 0 Å². The Morgan fingerprint density at radius 2 is 0.607 bits per heavy atom. The Morgan fingerprint density at radius 1 is 0.429 bits per heavy atom. The summed E-state index contributed by atoms with van der Waals surface area (Å²) in [5.74, 6) is 0. The van der Waals surface area contributed by atoms with Gasteiger partial charge in [-0.1, -0.05) is 21.3 Å². The van der Waals surface area contributed by atoms with Gasteiger partial charge in [-0.3, -0.25) is 0 Å². The molecule has 0 aliphatic carbocycles. The average molecular weight is 457 g/mol. The third-order valence-corrected chi connectivity index (χ3v) is 38.6. The lowest BCUT2D eigenvalue weighted by molar-refractivity contribution is 0.279. The standard InChI is InChI=1S/C20H40N4S2Si2/c1-17(2,3)21-13-14-22(18(4,5)6)27(21)25-28(26-27)23(19(7,8)9)15-16-24(28)20(10,11)12/h13-16H,1-12H3. The minimum absolute atomic E-state index is 0.129. The molecule has 1 fully saturated rings. The molecule has 0 bridgehead atoms. The van der Waals surface area contributed by atoms with E-state index >= 15 is 0 Å². The van der Waals surface area contributed by atoms with E-state index < -0.39 is 13.4 Å². The van der Waals surface area contributed by atoms with E-state index in [0.29, 0.717) is 0 Å². The van der Waals surface area contributed by atoms with Crippen LogP contribution in [-0.2, 0) is 0 Å². The van der Waals surface area contributed by atoms with Gasteiger partial charge in [0.15, 0.2) is 0 Å². The summed E-state index contributed by atoms with van der Waals surface area (Å²) in [6.45, 7) is 24.4. The Hall–Kier alpha value is -0.186. The van der Waals surface area contributed by atoms with Crippen LogP contribution in [0.1, 0.15) is 83.1 Å². The van der Waals surface area contributed by atoms with E-state index in [0.717, 1.165) is 0 Å². The van der Waals surface area contributed by atoms with E-state index in [9.17, 15) is 0 Å². The molecule has 0 aromatic carbocycles. The molecule has 160 valence electrons. The van der Waals surface area contributed by atoms with Crippen molar-refractivity contribution in [1.82, 2.24) is 18.3 Å². The fourth-order valence-corrected chi connectivity index (χ4v) is 46.9. The quantitative estimate of drug-likeness (QED) is 0.430. The van der Waals surface area contributed by atoms with Crippen LogP contribution in [0, 0.1) is 0 Å². The molecule has 2 spiro atoms. The zero-order valence-electron chi connectivity index (χ0n) is 19.9. The number of hydrogen-bond acceptors (Lipinski definition) is 6. The van der Waals surface area contributed by atoms with Crippen LogP contribution < -0.4 is 0 Å². The van der Waals surface area contributed by atoms with Crippen LogP contribution in [0.25, 0.3) is 0 Å². The first-order chi connectivity index (χ1) is 12.4. The van der Waals surface area contributed by atoms with Crippen LogP contribution in [0.5, 0.6) is 0 Å². The minimum Gasteiger partial charge on any atom is -0.365 e. The lowest BCUT2D eigenvalue weighted by Crippen LogP contribution is -2.80. The van der Waals surface area contributed by atoms with Crippen LogP contribution in [0.3, 0.4) is 0 Å². The zero-order valence-corrected chi connectivity index (χ0v) is 23.5. The monoisotopic (exact) mass is 456 g/mol. The van der Waals surface area contributed by atoms with Gasteiger partial charge >= 0.3 is 13.4 Å². The first kappa shape index (κ1) is 22.5. The predicted octanol–water partition coefficient (Wildman–Crippen LogP) is 5.71. The van der Waals surface area contributed by atoms with Crippen molar-refractivity contribution in [2.45, 2.75) is 105 Å². The van der Waals surface area contributed by atoms with Crippen molar-refractivity contribution in [3.8, 4) is 0 Å². The lowest BCUT2D eigenvalue weighted by atomic mass is 10.1. The van der Waals surface area contributed by atoms with Crippen molar-refractivity contribution in [3.05, 3.63) is 24.8 Å². The summed E-state index contributed by atoms with van der Waals surface area (Å²) < 4.78 is 10.9. The largest absolute Gasteiger partial charge is 0.393 e. The second kappa shape index (κ2) is 6.17. The van der Waals surface area contributed by atoms with Crippen LogP contribution in [0.2, 0.25) is 0 Å². The summed E-state index contributed by atoms with van der Waals surface area (Å²) in [4.78, 5) is 0. The van der Waals surface area contributed by atoms with E-state index in [1.807, 2.05) is 0 Å².